The number of aromatic nitrogens is 3. The Balaban J connectivity index is 2.34. The molecule has 0 aliphatic heterocycles. The molecule has 0 bridgehead atoms. The second-order valence-corrected chi connectivity index (χ2v) is 5.55. The number of nitrogens with zero attached hydrogens (tertiary/aromatic N) is 4. The fourth-order valence-corrected chi connectivity index (χ4v) is 1.95. The third kappa shape index (κ3) is 3.91. The maximum atomic E-state index is 13.4. The summed E-state index contributed by atoms with van der Waals surface area (Å²) < 4.78 is 40.9. The number of carbonyl (C=O) groups excluding carboxylic acids is 1. The molecule has 2 aromatic rings. The zero-order valence-electron chi connectivity index (χ0n) is 13.5. The third-order valence-corrected chi connectivity index (χ3v) is 3.59. The molecule has 0 aliphatic carbocycles. The Morgan fingerprint density at radius 3 is 2.46 bits per heavy atom. The molecule has 0 spiro atoms. The largest absolute Gasteiger partial charge is 0.435 e. The standard InChI is InChI=1S/C15H18F3N5O/c1-10(22(2)3)9-19-14(24)12-13(15(16,17)18)23(21-20-12)11-7-5-4-6-8-11/h4-8,10H,9H2,1-3H3,(H,19,24)/t10-/m1/s1. The fraction of sp³-hybridized carbons (Fsp3) is 0.400. The van der Waals surface area contributed by atoms with Gasteiger partial charge in [-0.3, -0.25) is 4.79 Å². The number of carbonyl (C=O) groups is 1. The van der Waals surface area contributed by atoms with Crippen molar-refractivity contribution < 1.29 is 18.0 Å². The van der Waals surface area contributed by atoms with E-state index in [1.165, 1.54) is 12.1 Å². The molecule has 1 heterocycles. The minimum atomic E-state index is -4.76. The van der Waals surface area contributed by atoms with Crippen LogP contribution in [0.2, 0.25) is 0 Å². The monoisotopic (exact) mass is 341 g/mol. The molecule has 1 atom stereocenters. The number of amides is 1. The van der Waals surface area contributed by atoms with Crippen LogP contribution < -0.4 is 5.32 Å². The normalized spacial score (nSPS) is 13.1. The Bertz CT molecular complexity index is 697. The Morgan fingerprint density at radius 1 is 1.29 bits per heavy atom. The summed E-state index contributed by atoms with van der Waals surface area (Å²) in [7, 11) is 3.62. The first kappa shape index (κ1) is 17.9. The van der Waals surface area contributed by atoms with Crippen LogP contribution in [0.4, 0.5) is 13.2 Å². The molecule has 6 nitrogen and oxygen atoms in total. The quantitative estimate of drug-likeness (QED) is 0.903. The van der Waals surface area contributed by atoms with E-state index in [0.29, 0.717) is 4.68 Å². The predicted molar refractivity (Wildman–Crippen MR) is 81.8 cm³/mol. The van der Waals surface area contributed by atoms with Gasteiger partial charge in [0.2, 0.25) is 0 Å². The van der Waals surface area contributed by atoms with Gasteiger partial charge in [-0.2, -0.15) is 13.2 Å². The molecule has 1 N–H and O–H groups in total. The number of hydrogen-bond acceptors (Lipinski definition) is 4. The van der Waals surface area contributed by atoms with Crippen LogP contribution in [0.1, 0.15) is 23.1 Å². The van der Waals surface area contributed by atoms with Gasteiger partial charge in [0.25, 0.3) is 5.91 Å². The Hall–Kier alpha value is -2.42. The van der Waals surface area contributed by atoms with Crippen molar-refractivity contribution >= 4 is 5.91 Å². The van der Waals surface area contributed by atoms with Crippen LogP contribution in [0.25, 0.3) is 5.69 Å². The predicted octanol–water partition coefficient (Wildman–Crippen LogP) is 1.97. The maximum Gasteiger partial charge on any atom is 0.435 e. The van der Waals surface area contributed by atoms with Gasteiger partial charge >= 0.3 is 6.18 Å². The lowest BCUT2D eigenvalue weighted by atomic mass is 10.2. The lowest BCUT2D eigenvalue weighted by molar-refractivity contribution is -0.143. The summed E-state index contributed by atoms with van der Waals surface area (Å²) in [5, 5.41) is 9.42. The fourth-order valence-electron chi connectivity index (χ4n) is 1.95. The summed E-state index contributed by atoms with van der Waals surface area (Å²) in [6.07, 6.45) is -4.76. The van der Waals surface area contributed by atoms with Crippen molar-refractivity contribution in [3.05, 3.63) is 41.7 Å². The van der Waals surface area contributed by atoms with E-state index in [-0.39, 0.29) is 18.3 Å². The molecule has 0 aliphatic rings. The maximum absolute atomic E-state index is 13.4. The SMILES string of the molecule is C[C@H](CNC(=O)c1nnn(-c2ccccc2)c1C(F)(F)F)N(C)C. The van der Waals surface area contributed by atoms with Gasteiger partial charge in [0, 0.05) is 12.6 Å². The van der Waals surface area contributed by atoms with Crippen molar-refractivity contribution in [1.29, 1.82) is 0 Å². The summed E-state index contributed by atoms with van der Waals surface area (Å²) in [5.74, 6) is -0.904. The van der Waals surface area contributed by atoms with Crippen LogP contribution in [0.5, 0.6) is 0 Å². The van der Waals surface area contributed by atoms with E-state index in [4.69, 9.17) is 0 Å². The molecule has 0 unspecified atom stereocenters. The highest BCUT2D eigenvalue weighted by Crippen LogP contribution is 2.32. The zero-order chi connectivity index (χ0) is 17.9. The molecule has 1 aromatic heterocycles. The minimum absolute atomic E-state index is 0.0348. The molecule has 1 aromatic carbocycles. The van der Waals surface area contributed by atoms with Gasteiger partial charge in [0.05, 0.1) is 5.69 Å². The first-order valence-electron chi connectivity index (χ1n) is 7.24. The Labute approximate surface area is 137 Å². The second kappa shape index (κ2) is 7.00. The molecule has 0 fully saturated rings. The lowest BCUT2D eigenvalue weighted by Crippen LogP contribution is -2.39. The first-order chi connectivity index (χ1) is 11.2. The average Bonchev–Trinajstić information content (AvgIpc) is 2.98. The number of halogens is 3. The Kier molecular flexibility index (Phi) is 5.23. The van der Waals surface area contributed by atoms with Gasteiger partial charge in [0.15, 0.2) is 11.4 Å². The van der Waals surface area contributed by atoms with E-state index in [0.717, 1.165) is 0 Å². The van der Waals surface area contributed by atoms with Crippen molar-refractivity contribution in [1.82, 2.24) is 25.2 Å². The number of alkyl halides is 3. The molecular formula is C15H18F3N5O. The van der Waals surface area contributed by atoms with Crippen LogP contribution in [-0.4, -0.2) is 52.5 Å². The number of para-hydroxylation sites is 1. The summed E-state index contributed by atoms with van der Waals surface area (Å²) in [6, 6.07) is 7.71. The highest BCUT2D eigenvalue weighted by atomic mass is 19.4. The number of rotatable bonds is 5. The topological polar surface area (TPSA) is 63.1 Å². The molecule has 24 heavy (non-hydrogen) atoms. The van der Waals surface area contributed by atoms with E-state index in [1.54, 1.807) is 18.2 Å². The summed E-state index contributed by atoms with van der Waals surface area (Å²) in [6.45, 7) is 2.03. The first-order valence-corrected chi connectivity index (χ1v) is 7.24. The van der Waals surface area contributed by atoms with Crippen LogP contribution in [0.3, 0.4) is 0 Å². The zero-order valence-corrected chi connectivity index (χ0v) is 13.5. The number of nitrogens with one attached hydrogen (secondary N) is 1. The van der Waals surface area contributed by atoms with Gasteiger partial charge in [-0.25, -0.2) is 4.68 Å². The van der Waals surface area contributed by atoms with Crippen molar-refractivity contribution in [2.45, 2.75) is 19.1 Å². The number of hydrogen-bond donors (Lipinski definition) is 1. The smallest absolute Gasteiger partial charge is 0.349 e. The molecular weight excluding hydrogens is 323 g/mol. The summed E-state index contributed by atoms with van der Waals surface area (Å²) >= 11 is 0. The molecule has 0 saturated heterocycles. The molecule has 0 saturated carbocycles. The molecule has 1 amide bonds. The van der Waals surface area contributed by atoms with Gasteiger partial charge in [-0.15, -0.1) is 5.10 Å². The summed E-state index contributed by atoms with van der Waals surface area (Å²) in [4.78, 5) is 14.0. The molecule has 2 rings (SSSR count). The van der Waals surface area contributed by atoms with Gasteiger partial charge in [-0.05, 0) is 33.2 Å². The van der Waals surface area contributed by atoms with Crippen LogP contribution in [0, 0.1) is 0 Å². The van der Waals surface area contributed by atoms with Crippen LogP contribution in [-0.2, 0) is 6.18 Å². The van der Waals surface area contributed by atoms with Crippen LogP contribution in [0.15, 0.2) is 30.3 Å². The lowest BCUT2D eigenvalue weighted by Gasteiger charge is -2.19. The molecule has 130 valence electrons. The second-order valence-electron chi connectivity index (χ2n) is 5.55. The van der Waals surface area contributed by atoms with E-state index in [9.17, 15) is 18.0 Å². The van der Waals surface area contributed by atoms with Gasteiger partial charge < -0.3 is 10.2 Å². The van der Waals surface area contributed by atoms with Gasteiger partial charge in [0.1, 0.15) is 0 Å². The van der Waals surface area contributed by atoms with Crippen molar-refractivity contribution in [3.63, 3.8) is 0 Å². The number of benzene rings is 1. The van der Waals surface area contributed by atoms with Crippen molar-refractivity contribution in [2.75, 3.05) is 20.6 Å². The van der Waals surface area contributed by atoms with E-state index in [2.05, 4.69) is 15.6 Å². The van der Waals surface area contributed by atoms with E-state index >= 15 is 0 Å². The van der Waals surface area contributed by atoms with Crippen LogP contribution >= 0.6 is 0 Å². The number of likely N-dealkylation sites (N-methyl/N-ethyl adjacent to an activating group) is 1. The summed E-state index contributed by atoms with van der Waals surface area (Å²) in [5.41, 5.74) is -1.75. The van der Waals surface area contributed by atoms with Crippen molar-refractivity contribution in [2.24, 2.45) is 0 Å². The highest BCUT2D eigenvalue weighted by molar-refractivity contribution is 5.93. The highest BCUT2D eigenvalue weighted by Gasteiger charge is 2.42. The van der Waals surface area contributed by atoms with E-state index in [1.807, 2.05) is 25.9 Å². The Morgan fingerprint density at radius 2 is 1.92 bits per heavy atom. The van der Waals surface area contributed by atoms with E-state index < -0.39 is 23.5 Å². The van der Waals surface area contributed by atoms with Gasteiger partial charge in [-0.1, -0.05) is 23.4 Å². The molecule has 0 radical (unpaired) electrons. The average molecular weight is 341 g/mol. The van der Waals surface area contributed by atoms with Crippen molar-refractivity contribution in [3.8, 4) is 5.69 Å². The minimum Gasteiger partial charge on any atom is -0.349 e. The molecule has 9 heteroatoms. The third-order valence-electron chi connectivity index (χ3n) is 3.59.